The standard InChI is InChI=1S/C14H16F3NO2/c15-14(16,17)11-3-1-10(2-4-11)5-18(6-12-8-19-12)7-13-9-20-13/h1-4,12-13H,5-9H2. The second-order valence-electron chi connectivity index (χ2n) is 5.30. The Morgan fingerprint density at radius 2 is 1.50 bits per heavy atom. The van der Waals surface area contributed by atoms with Gasteiger partial charge in [0, 0.05) is 19.6 Å². The number of benzene rings is 1. The molecule has 20 heavy (non-hydrogen) atoms. The maximum Gasteiger partial charge on any atom is 0.416 e. The summed E-state index contributed by atoms with van der Waals surface area (Å²) in [4.78, 5) is 2.18. The molecular formula is C14H16F3NO2. The van der Waals surface area contributed by atoms with Crippen molar-refractivity contribution in [2.24, 2.45) is 0 Å². The summed E-state index contributed by atoms with van der Waals surface area (Å²) in [5.74, 6) is 0. The van der Waals surface area contributed by atoms with E-state index in [4.69, 9.17) is 9.47 Å². The third kappa shape index (κ3) is 3.94. The molecule has 1 aromatic carbocycles. The molecule has 0 spiro atoms. The Hall–Kier alpha value is -1.11. The highest BCUT2D eigenvalue weighted by Gasteiger charge is 2.32. The van der Waals surface area contributed by atoms with E-state index >= 15 is 0 Å². The second-order valence-corrected chi connectivity index (χ2v) is 5.30. The number of hydrogen-bond donors (Lipinski definition) is 0. The van der Waals surface area contributed by atoms with Crippen molar-refractivity contribution < 1.29 is 22.6 Å². The molecule has 0 aliphatic carbocycles. The van der Waals surface area contributed by atoms with Gasteiger partial charge in [-0.25, -0.2) is 0 Å². The number of nitrogens with zero attached hydrogens (tertiary/aromatic N) is 1. The minimum Gasteiger partial charge on any atom is -0.372 e. The Morgan fingerprint density at radius 1 is 1.00 bits per heavy atom. The topological polar surface area (TPSA) is 28.3 Å². The maximum atomic E-state index is 12.5. The van der Waals surface area contributed by atoms with Crippen molar-refractivity contribution in [3.05, 3.63) is 35.4 Å². The van der Waals surface area contributed by atoms with Crippen LogP contribution in [0.15, 0.2) is 24.3 Å². The molecule has 0 saturated carbocycles. The van der Waals surface area contributed by atoms with Gasteiger partial charge in [0.25, 0.3) is 0 Å². The largest absolute Gasteiger partial charge is 0.416 e. The van der Waals surface area contributed by atoms with E-state index in [1.807, 2.05) is 0 Å². The van der Waals surface area contributed by atoms with Gasteiger partial charge in [-0.3, -0.25) is 4.90 Å². The highest BCUT2D eigenvalue weighted by atomic mass is 19.4. The van der Waals surface area contributed by atoms with Gasteiger partial charge in [-0.15, -0.1) is 0 Å². The molecule has 0 aromatic heterocycles. The van der Waals surface area contributed by atoms with Crippen molar-refractivity contribution in [2.45, 2.75) is 24.9 Å². The molecule has 110 valence electrons. The van der Waals surface area contributed by atoms with Crippen LogP contribution in [-0.4, -0.2) is 43.4 Å². The Morgan fingerprint density at radius 3 is 1.90 bits per heavy atom. The van der Waals surface area contributed by atoms with Crippen molar-refractivity contribution >= 4 is 0 Å². The van der Waals surface area contributed by atoms with Crippen LogP contribution in [-0.2, 0) is 22.2 Å². The zero-order valence-electron chi connectivity index (χ0n) is 10.9. The Bertz CT molecular complexity index is 438. The number of rotatable bonds is 6. The Kier molecular flexibility index (Phi) is 3.70. The predicted octanol–water partition coefficient (Wildman–Crippen LogP) is 2.30. The number of hydrogen-bond acceptors (Lipinski definition) is 3. The van der Waals surface area contributed by atoms with Crippen LogP contribution >= 0.6 is 0 Å². The van der Waals surface area contributed by atoms with Crippen LogP contribution < -0.4 is 0 Å². The molecule has 0 amide bonds. The van der Waals surface area contributed by atoms with Gasteiger partial charge in [-0.2, -0.15) is 13.2 Å². The summed E-state index contributed by atoms with van der Waals surface area (Å²) in [6.45, 7) is 3.78. The minimum atomic E-state index is -4.28. The lowest BCUT2D eigenvalue weighted by atomic mass is 10.1. The quantitative estimate of drug-likeness (QED) is 0.752. The highest BCUT2D eigenvalue weighted by Crippen LogP contribution is 2.29. The summed E-state index contributed by atoms with van der Waals surface area (Å²) in [6, 6.07) is 5.35. The highest BCUT2D eigenvalue weighted by molar-refractivity contribution is 5.24. The molecule has 2 fully saturated rings. The molecule has 0 N–H and O–H groups in total. The lowest BCUT2D eigenvalue weighted by molar-refractivity contribution is -0.137. The third-order valence-electron chi connectivity index (χ3n) is 3.42. The fourth-order valence-electron chi connectivity index (χ4n) is 2.18. The van der Waals surface area contributed by atoms with Crippen LogP contribution in [0.4, 0.5) is 13.2 Å². The molecule has 0 bridgehead atoms. The van der Waals surface area contributed by atoms with Gasteiger partial charge in [0.1, 0.15) is 0 Å². The fourth-order valence-corrected chi connectivity index (χ4v) is 2.18. The zero-order valence-corrected chi connectivity index (χ0v) is 10.9. The van der Waals surface area contributed by atoms with Crippen LogP contribution in [0.25, 0.3) is 0 Å². The molecular weight excluding hydrogens is 271 g/mol. The molecule has 2 aliphatic heterocycles. The molecule has 3 nitrogen and oxygen atoms in total. The van der Waals surface area contributed by atoms with E-state index in [0.29, 0.717) is 6.54 Å². The van der Waals surface area contributed by atoms with Gasteiger partial charge in [-0.05, 0) is 17.7 Å². The van der Waals surface area contributed by atoms with Crippen LogP contribution in [0, 0.1) is 0 Å². The summed E-state index contributed by atoms with van der Waals surface area (Å²) in [5.41, 5.74) is 0.267. The van der Waals surface area contributed by atoms with Crippen molar-refractivity contribution in [3.63, 3.8) is 0 Å². The van der Waals surface area contributed by atoms with E-state index in [-0.39, 0.29) is 12.2 Å². The van der Waals surface area contributed by atoms with Crippen molar-refractivity contribution in [1.82, 2.24) is 4.90 Å². The fraction of sp³-hybridized carbons (Fsp3) is 0.571. The molecule has 2 heterocycles. The van der Waals surface area contributed by atoms with E-state index in [2.05, 4.69) is 4.90 Å². The van der Waals surface area contributed by atoms with Crippen LogP contribution in [0.3, 0.4) is 0 Å². The first kappa shape index (κ1) is 13.9. The van der Waals surface area contributed by atoms with Gasteiger partial charge < -0.3 is 9.47 Å². The molecule has 6 heteroatoms. The van der Waals surface area contributed by atoms with E-state index < -0.39 is 11.7 Å². The van der Waals surface area contributed by atoms with E-state index in [9.17, 15) is 13.2 Å². The zero-order chi connectivity index (χ0) is 14.2. The minimum absolute atomic E-state index is 0.267. The number of ether oxygens (including phenoxy) is 2. The third-order valence-corrected chi connectivity index (χ3v) is 3.42. The van der Waals surface area contributed by atoms with Crippen molar-refractivity contribution in [1.29, 1.82) is 0 Å². The molecule has 2 unspecified atom stereocenters. The molecule has 2 atom stereocenters. The van der Waals surface area contributed by atoms with Crippen LogP contribution in [0.5, 0.6) is 0 Å². The van der Waals surface area contributed by atoms with Gasteiger partial charge in [0.2, 0.25) is 0 Å². The first-order valence-corrected chi connectivity index (χ1v) is 6.62. The molecule has 2 aliphatic rings. The second kappa shape index (κ2) is 5.35. The predicted molar refractivity (Wildman–Crippen MR) is 66.2 cm³/mol. The molecule has 2 saturated heterocycles. The summed E-state index contributed by atoms with van der Waals surface area (Å²) >= 11 is 0. The van der Waals surface area contributed by atoms with Crippen molar-refractivity contribution in [2.75, 3.05) is 26.3 Å². The van der Waals surface area contributed by atoms with Crippen LogP contribution in [0.2, 0.25) is 0 Å². The Balaban J connectivity index is 1.61. The molecule has 3 rings (SSSR count). The summed E-state index contributed by atoms with van der Waals surface area (Å²) in [5, 5.41) is 0. The maximum absolute atomic E-state index is 12.5. The SMILES string of the molecule is FC(F)(F)c1ccc(CN(CC2CO2)CC2CO2)cc1. The van der Waals surface area contributed by atoms with Crippen LogP contribution in [0.1, 0.15) is 11.1 Å². The number of alkyl halides is 3. The normalized spacial score (nSPS) is 25.0. The first-order chi connectivity index (χ1) is 9.50. The summed E-state index contributed by atoms with van der Waals surface area (Å²) < 4.78 is 47.9. The average Bonchev–Trinajstić information content (AvgIpc) is 3.25. The van der Waals surface area contributed by atoms with Gasteiger partial charge >= 0.3 is 6.18 Å². The monoisotopic (exact) mass is 287 g/mol. The van der Waals surface area contributed by atoms with Gasteiger partial charge in [0.15, 0.2) is 0 Å². The molecule has 1 aromatic rings. The summed E-state index contributed by atoms with van der Waals surface area (Å²) in [7, 11) is 0. The van der Waals surface area contributed by atoms with Crippen molar-refractivity contribution in [3.8, 4) is 0 Å². The van der Waals surface area contributed by atoms with Gasteiger partial charge in [0.05, 0.1) is 31.0 Å². The van der Waals surface area contributed by atoms with E-state index in [1.54, 1.807) is 0 Å². The lowest BCUT2D eigenvalue weighted by Gasteiger charge is -2.20. The van der Waals surface area contributed by atoms with E-state index in [0.717, 1.165) is 44.0 Å². The van der Waals surface area contributed by atoms with Gasteiger partial charge in [-0.1, -0.05) is 12.1 Å². The number of halogens is 3. The smallest absolute Gasteiger partial charge is 0.372 e. The van der Waals surface area contributed by atoms with E-state index in [1.165, 1.54) is 12.1 Å². The Labute approximate surface area is 115 Å². The number of epoxide rings is 2. The average molecular weight is 287 g/mol. The molecule has 0 radical (unpaired) electrons. The lowest BCUT2D eigenvalue weighted by Crippen LogP contribution is -2.31. The summed E-state index contributed by atoms with van der Waals surface area (Å²) in [6.07, 6.45) is -3.74. The first-order valence-electron chi connectivity index (χ1n) is 6.62.